The maximum atomic E-state index is 9.05. The van der Waals surface area contributed by atoms with Gasteiger partial charge in [-0.1, -0.05) is 87.9 Å². The minimum atomic E-state index is 0.287. The molecule has 1 heteroatoms. The molecule has 0 aliphatic carbocycles. The van der Waals surface area contributed by atoms with E-state index in [0.29, 0.717) is 0 Å². The summed E-state index contributed by atoms with van der Waals surface area (Å²) in [5, 5.41) is 9.05. The van der Waals surface area contributed by atoms with Crippen LogP contribution in [0.15, 0.2) is 60.7 Å². The summed E-state index contributed by atoms with van der Waals surface area (Å²) in [6, 6.07) is 23.3. The SMILES string of the molecule is CCCc1ccc(CCc2ccc(-c3ccc(CCCCO)cc3CC)c(CC)c2)cc1. The second kappa shape index (κ2) is 12.6. The Bertz CT molecular complexity index is 968. The molecule has 0 aliphatic rings. The van der Waals surface area contributed by atoms with Crippen LogP contribution in [0.25, 0.3) is 11.1 Å². The van der Waals surface area contributed by atoms with Crippen molar-refractivity contribution >= 4 is 0 Å². The van der Waals surface area contributed by atoms with Crippen molar-refractivity contribution in [3.05, 3.63) is 94.0 Å². The summed E-state index contributed by atoms with van der Waals surface area (Å²) in [6.07, 6.45) is 9.64. The number of aliphatic hydroxyl groups excluding tert-OH is 1. The van der Waals surface area contributed by atoms with Gasteiger partial charge in [-0.05, 0) is 95.9 Å². The van der Waals surface area contributed by atoms with Gasteiger partial charge in [0, 0.05) is 6.61 Å². The fraction of sp³-hybridized carbons (Fsp3) is 0.419. The Morgan fingerprint density at radius 3 is 1.50 bits per heavy atom. The predicted octanol–water partition coefficient (Wildman–Crippen LogP) is 7.53. The first-order valence-electron chi connectivity index (χ1n) is 12.6. The van der Waals surface area contributed by atoms with Crippen LogP contribution in [0.2, 0.25) is 0 Å². The van der Waals surface area contributed by atoms with Crippen molar-refractivity contribution in [2.45, 2.75) is 78.6 Å². The molecule has 3 aromatic carbocycles. The van der Waals surface area contributed by atoms with E-state index >= 15 is 0 Å². The van der Waals surface area contributed by atoms with Gasteiger partial charge in [0.25, 0.3) is 0 Å². The number of aliphatic hydroxyl groups is 1. The Labute approximate surface area is 195 Å². The average molecular weight is 429 g/mol. The summed E-state index contributed by atoms with van der Waals surface area (Å²) in [4.78, 5) is 0. The minimum Gasteiger partial charge on any atom is -0.396 e. The van der Waals surface area contributed by atoms with E-state index in [9.17, 15) is 0 Å². The lowest BCUT2D eigenvalue weighted by Gasteiger charge is -2.16. The van der Waals surface area contributed by atoms with Crippen LogP contribution in [0.5, 0.6) is 0 Å². The number of benzene rings is 3. The van der Waals surface area contributed by atoms with Gasteiger partial charge in [0.15, 0.2) is 0 Å². The van der Waals surface area contributed by atoms with Crippen molar-refractivity contribution in [2.75, 3.05) is 6.61 Å². The van der Waals surface area contributed by atoms with Gasteiger partial charge in [0.1, 0.15) is 0 Å². The van der Waals surface area contributed by atoms with E-state index in [-0.39, 0.29) is 6.61 Å². The third-order valence-electron chi connectivity index (χ3n) is 6.53. The third kappa shape index (κ3) is 6.56. The zero-order chi connectivity index (χ0) is 22.8. The lowest BCUT2D eigenvalue weighted by Crippen LogP contribution is -1.98. The molecule has 0 aliphatic heterocycles. The van der Waals surface area contributed by atoms with E-state index < -0.39 is 0 Å². The summed E-state index contributed by atoms with van der Waals surface area (Å²) in [5.41, 5.74) is 11.3. The number of rotatable bonds is 12. The molecular formula is C31H40O. The van der Waals surface area contributed by atoms with Crippen LogP contribution in [-0.2, 0) is 38.5 Å². The molecule has 1 nitrogen and oxygen atoms in total. The van der Waals surface area contributed by atoms with Gasteiger partial charge in [0.05, 0.1) is 0 Å². The molecule has 170 valence electrons. The summed E-state index contributed by atoms with van der Waals surface area (Å²) >= 11 is 0. The van der Waals surface area contributed by atoms with Crippen LogP contribution in [0, 0.1) is 0 Å². The van der Waals surface area contributed by atoms with Gasteiger partial charge >= 0.3 is 0 Å². The molecule has 3 rings (SSSR count). The van der Waals surface area contributed by atoms with Crippen molar-refractivity contribution in [2.24, 2.45) is 0 Å². The molecule has 3 aromatic rings. The molecule has 0 saturated carbocycles. The normalized spacial score (nSPS) is 11.1. The topological polar surface area (TPSA) is 20.2 Å². The molecule has 0 amide bonds. The number of hydrogen-bond acceptors (Lipinski definition) is 1. The predicted molar refractivity (Wildman–Crippen MR) is 139 cm³/mol. The summed E-state index contributed by atoms with van der Waals surface area (Å²) in [7, 11) is 0. The Kier molecular flexibility index (Phi) is 9.56. The van der Waals surface area contributed by atoms with Crippen LogP contribution in [0.1, 0.15) is 73.4 Å². The first-order valence-corrected chi connectivity index (χ1v) is 12.6. The molecular weight excluding hydrogens is 388 g/mol. The molecule has 0 saturated heterocycles. The smallest absolute Gasteiger partial charge is 0.0431 e. The van der Waals surface area contributed by atoms with E-state index in [1.165, 1.54) is 57.3 Å². The van der Waals surface area contributed by atoms with Gasteiger partial charge in [-0.25, -0.2) is 0 Å². The number of unbranched alkanes of at least 4 members (excludes halogenated alkanes) is 1. The molecule has 0 unspecified atom stereocenters. The van der Waals surface area contributed by atoms with Crippen molar-refractivity contribution in [1.82, 2.24) is 0 Å². The average Bonchev–Trinajstić information content (AvgIpc) is 2.83. The zero-order valence-electron chi connectivity index (χ0n) is 20.3. The highest BCUT2D eigenvalue weighted by atomic mass is 16.2. The highest BCUT2D eigenvalue weighted by Gasteiger charge is 2.10. The summed E-state index contributed by atoms with van der Waals surface area (Å²) < 4.78 is 0. The van der Waals surface area contributed by atoms with Crippen LogP contribution < -0.4 is 0 Å². The van der Waals surface area contributed by atoms with E-state index in [2.05, 4.69) is 81.4 Å². The van der Waals surface area contributed by atoms with Crippen molar-refractivity contribution in [3.63, 3.8) is 0 Å². The van der Waals surface area contributed by atoms with E-state index in [4.69, 9.17) is 5.11 Å². The standard InChI is InChI=1S/C31H40O/c1-4-9-24-11-13-25(14-12-24)15-16-27-18-20-31(29(6-3)23-27)30-19-17-26(10-7-8-21-32)22-28(30)5-2/h11-14,17-20,22-23,32H,4-10,15-16,21H2,1-3H3. The minimum absolute atomic E-state index is 0.287. The lowest BCUT2D eigenvalue weighted by molar-refractivity contribution is 0.284. The third-order valence-corrected chi connectivity index (χ3v) is 6.53. The van der Waals surface area contributed by atoms with Crippen LogP contribution in [-0.4, -0.2) is 11.7 Å². The largest absolute Gasteiger partial charge is 0.396 e. The first kappa shape index (κ1) is 24.3. The van der Waals surface area contributed by atoms with Gasteiger partial charge < -0.3 is 5.11 Å². The Hall–Kier alpha value is -2.38. The second-order valence-electron chi connectivity index (χ2n) is 8.94. The quantitative estimate of drug-likeness (QED) is 0.296. The van der Waals surface area contributed by atoms with E-state index in [1.54, 1.807) is 0 Å². The lowest BCUT2D eigenvalue weighted by atomic mass is 9.89. The summed E-state index contributed by atoms with van der Waals surface area (Å²) in [5.74, 6) is 0. The number of aryl methyl sites for hydroxylation is 6. The molecule has 0 aromatic heterocycles. The fourth-order valence-corrected chi connectivity index (χ4v) is 4.61. The Morgan fingerprint density at radius 1 is 0.531 bits per heavy atom. The first-order chi connectivity index (χ1) is 15.7. The molecule has 0 spiro atoms. The van der Waals surface area contributed by atoms with Gasteiger partial charge in [-0.3, -0.25) is 0 Å². The molecule has 1 N–H and O–H groups in total. The molecule has 0 fully saturated rings. The highest BCUT2D eigenvalue weighted by Crippen LogP contribution is 2.30. The van der Waals surface area contributed by atoms with Gasteiger partial charge in [0.2, 0.25) is 0 Å². The van der Waals surface area contributed by atoms with Crippen LogP contribution >= 0.6 is 0 Å². The maximum Gasteiger partial charge on any atom is 0.0431 e. The van der Waals surface area contributed by atoms with Gasteiger partial charge in [-0.15, -0.1) is 0 Å². The Morgan fingerprint density at radius 2 is 1.00 bits per heavy atom. The molecule has 0 atom stereocenters. The monoisotopic (exact) mass is 428 g/mol. The van der Waals surface area contributed by atoms with Crippen molar-refractivity contribution < 1.29 is 5.11 Å². The summed E-state index contributed by atoms with van der Waals surface area (Å²) in [6.45, 7) is 7.04. The van der Waals surface area contributed by atoms with Crippen molar-refractivity contribution in [3.8, 4) is 11.1 Å². The fourth-order valence-electron chi connectivity index (χ4n) is 4.61. The van der Waals surface area contributed by atoms with Crippen LogP contribution in [0.4, 0.5) is 0 Å². The maximum absolute atomic E-state index is 9.05. The van der Waals surface area contributed by atoms with Crippen LogP contribution in [0.3, 0.4) is 0 Å². The zero-order valence-corrected chi connectivity index (χ0v) is 20.3. The highest BCUT2D eigenvalue weighted by molar-refractivity contribution is 5.71. The molecule has 0 radical (unpaired) electrons. The van der Waals surface area contributed by atoms with E-state index in [0.717, 1.165) is 44.9 Å². The van der Waals surface area contributed by atoms with E-state index in [1.807, 2.05) is 0 Å². The van der Waals surface area contributed by atoms with Gasteiger partial charge in [-0.2, -0.15) is 0 Å². The number of hydrogen-bond donors (Lipinski definition) is 1. The second-order valence-corrected chi connectivity index (χ2v) is 8.94. The Balaban J connectivity index is 1.74. The molecule has 0 heterocycles. The molecule has 0 bridgehead atoms. The van der Waals surface area contributed by atoms with Crippen molar-refractivity contribution in [1.29, 1.82) is 0 Å². The molecule has 32 heavy (non-hydrogen) atoms.